The number of hydrogen-bond acceptors (Lipinski definition) is 5. The van der Waals surface area contributed by atoms with Gasteiger partial charge in [-0.25, -0.2) is 4.79 Å². The molecule has 0 bridgehead atoms. The number of fused-ring (bicyclic) bond motifs is 3. The number of aryl methyl sites for hydroxylation is 3. The van der Waals surface area contributed by atoms with Gasteiger partial charge in [-0.3, -0.25) is 18.7 Å². The molecular formula is C26H27N5O3. The monoisotopic (exact) mass is 457 g/mol. The minimum atomic E-state index is -0.553. The molecule has 34 heavy (non-hydrogen) atoms. The molecule has 2 aromatic carbocycles. The lowest BCUT2D eigenvalue weighted by Gasteiger charge is -2.33. The molecule has 174 valence electrons. The van der Waals surface area contributed by atoms with Crippen molar-refractivity contribution in [2.75, 3.05) is 11.4 Å². The number of nitrogens with zero attached hydrogens (tertiary/aromatic N) is 5. The molecule has 8 nitrogen and oxygen atoms in total. The molecule has 0 unspecified atom stereocenters. The van der Waals surface area contributed by atoms with Crippen molar-refractivity contribution in [3.05, 3.63) is 86.1 Å². The normalized spacial score (nSPS) is 15.5. The molecule has 0 N–H and O–H groups in total. The molecule has 1 aliphatic rings. The first-order valence-corrected chi connectivity index (χ1v) is 11.4. The van der Waals surface area contributed by atoms with Crippen LogP contribution in [0, 0.1) is 19.8 Å². The number of ketones is 1. The van der Waals surface area contributed by atoms with Crippen LogP contribution < -0.4 is 16.1 Å². The number of benzene rings is 2. The van der Waals surface area contributed by atoms with Crippen LogP contribution in [0.4, 0.5) is 11.6 Å². The lowest BCUT2D eigenvalue weighted by Crippen LogP contribution is -2.42. The first-order chi connectivity index (χ1) is 16.3. The zero-order valence-corrected chi connectivity index (χ0v) is 19.8. The Balaban J connectivity index is 1.68. The summed E-state index contributed by atoms with van der Waals surface area (Å²) in [7, 11) is 1.59. The van der Waals surface area contributed by atoms with Crippen LogP contribution in [-0.2, 0) is 20.1 Å². The van der Waals surface area contributed by atoms with Gasteiger partial charge in [0.1, 0.15) is 0 Å². The molecule has 5 rings (SSSR count). The summed E-state index contributed by atoms with van der Waals surface area (Å²) in [5.41, 5.74) is 3.47. The Hall–Kier alpha value is -3.94. The summed E-state index contributed by atoms with van der Waals surface area (Å²) in [6.45, 7) is 7.31. The van der Waals surface area contributed by atoms with Crippen LogP contribution in [-0.4, -0.2) is 31.0 Å². The summed E-state index contributed by atoms with van der Waals surface area (Å²) in [5, 5.41) is 0. The third-order valence-corrected chi connectivity index (χ3v) is 6.64. The average Bonchev–Trinajstić information content (AvgIpc) is 3.21. The largest absolute Gasteiger partial charge is 0.332 e. The minimum Gasteiger partial charge on any atom is -0.312 e. The molecule has 1 aliphatic heterocycles. The number of carbonyl (C=O) groups is 1. The Bertz CT molecular complexity index is 1540. The fourth-order valence-electron chi connectivity index (χ4n) is 4.61. The van der Waals surface area contributed by atoms with Crippen molar-refractivity contribution >= 4 is 28.6 Å². The van der Waals surface area contributed by atoms with Crippen molar-refractivity contribution in [3.8, 4) is 0 Å². The molecule has 0 amide bonds. The molecule has 0 saturated heterocycles. The average molecular weight is 458 g/mol. The van der Waals surface area contributed by atoms with Gasteiger partial charge in [-0.05, 0) is 43.0 Å². The van der Waals surface area contributed by atoms with Crippen molar-refractivity contribution in [2.45, 2.75) is 33.9 Å². The lowest BCUT2D eigenvalue weighted by molar-refractivity contribution is 0.0969. The number of Topliss-reactive ketones (excluding diaryl/α,β-unsaturated/α-hetero) is 1. The summed E-state index contributed by atoms with van der Waals surface area (Å²) >= 11 is 0. The Morgan fingerprint density at radius 1 is 1.03 bits per heavy atom. The van der Waals surface area contributed by atoms with Crippen LogP contribution in [0.2, 0.25) is 0 Å². The quantitative estimate of drug-likeness (QED) is 0.440. The Morgan fingerprint density at radius 2 is 1.76 bits per heavy atom. The van der Waals surface area contributed by atoms with Gasteiger partial charge in [-0.2, -0.15) is 4.98 Å². The van der Waals surface area contributed by atoms with E-state index in [0.717, 1.165) is 16.8 Å². The number of carbonyl (C=O) groups excluding carboxylic acids is 1. The Labute approximate surface area is 196 Å². The summed E-state index contributed by atoms with van der Waals surface area (Å²) in [6, 6.07) is 14.9. The fraction of sp³-hybridized carbons (Fsp3) is 0.308. The smallest absolute Gasteiger partial charge is 0.312 e. The highest BCUT2D eigenvalue weighted by atomic mass is 16.2. The SMILES string of the molecule is Cc1ccc(N2C[C@@H](C)Cn3c2nc2c3c(=O)n(CC(=O)c3ccccc3)c(=O)n2C)cc1C. The molecule has 4 aromatic rings. The van der Waals surface area contributed by atoms with Crippen molar-refractivity contribution in [3.63, 3.8) is 0 Å². The van der Waals surface area contributed by atoms with Crippen LogP contribution in [0.15, 0.2) is 58.1 Å². The highest BCUT2D eigenvalue weighted by Crippen LogP contribution is 2.33. The zero-order valence-electron chi connectivity index (χ0n) is 19.8. The van der Waals surface area contributed by atoms with Gasteiger partial charge in [0.05, 0.1) is 6.54 Å². The van der Waals surface area contributed by atoms with E-state index in [1.807, 2.05) is 10.6 Å². The molecule has 0 fully saturated rings. The maximum atomic E-state index is 13.6. The van der Waals surface area contributed by atoms with Crippen LogP contribution in [0.5, 0.6) is 0 Å². The van der Waals surface area contributed by atoms with Gasteiger partial charge in [0, 0.05) is 31.4 Å². The van der Waals surface area contributed by atoms with E-state index in [1.165, 1.54) is 15.7 Å². The van der Waals surface area contributed by atoms with Gasteiger partial charge in [0.25, 0.3) is 5.56 Å². The standard InChI is InChI=1S/C26H27N5O3/c1-16-13-29(20-11-10-17(2)18(3)12-20)25-27-23-22(30(25)14-16)24(33)31(26(34)28(23)4)15-21(32)19-8-6-5-7-9-19/h5-12,16H,13-15H2,1-4H3/t16-/m1/s1. The van der Waals surface area contributed by atoms with E-state index in [1.54, 1.807) is 31.3 Å². The van der Waals surface area contributed by atoms with E-state index in [2.05, 4.69) is 43.9 Å². The number of rotatable bonds is 4. The summed E-state index contributed by atoms with van der Waals surface area (Å²) in [6.07, 6.45) is 0. The molecule has 2 aromatic heterocycles. The number of anilines is 2. The van der Waals surface area contributed by atoms with E-state index >= 15 is 0 Å². The zero-order chi connectivity index (χ0) is 24.1. The minimum absolute atomic E-state index is 0.252. The van der Waals surface area contributed by atoms with Crippen molar-refractivity contribution in [1.82, 2.24) is 18.7 Å². The van der Waals surface area contributed by atoms with E-state index < -0.39 is 11.2 Å². The number of hydrogen-bond donors (Lipinski definition) is 0. The summed E-state index contributed by atoms with van der Waals surface area (Å²) in [5.74, 6) is 0.598. The van der Waals surface area contributed by atoms with Gasteiger partial charge < -0.3 is 9.47 Å². The van der Waals surface area contributed by atoms with E-state index in [-0.39, 0.29) is 18.2 Å². The molecule has 1 atom stereocenters. The third kappa shape index (κ3) is 3.46. The summed E-state index contributed by atoms with van der Waals surface area (Å²) < 4.78 is 4.28. The first kappa shape index (κ1) is 21.9. The molecule has 0 spiro atoms. The third-order valence-electron chi connectivity index (χ3n) is 6.64. The second-order valence-electron chi connectivity index (χ2n) is 9.20. The number of imidazole rings is 1. The number of aromatic nitrogens is 4. The molecule has 8 heteroatoms. The molecular weight excluding hydrogens is 430 g/mol. The molecule has 0 saturated carbocycles. The molecule has 0 aliphatic carbocycles. The highest BCUT2D eigenvalue weighted by Gasteiger charge is 2.30. The Kier molecular flexibility index (Phi) is 5.23. The van der Waals surface area contributed by atoms with E-state index in [4.69, 9.17) is 4.98 Å². The topological polar surface area (TPSA) is 82.1 Å². The Morgan fingerprint density at radius 3 is 2.47 bits per heavy atom. The predicted octanol–water partition coefficient (Wildman–Crippen LogP) is 3.18. The second kappa shape index (κ2) is 8.13. The van der Waals surface area contributed by atoms with Crippen molar-refractivity contribution in [2.24, 2.45) is 13.0 Å². The van der Waals surface area contributed by atoms with Gasteiger partial charge in [0.2, 0.25) is 5.95 Å². The van der Waals surface area contributed by atoms with Crippen LogP contribution >= 0.6 is 0 Å². The van der Waals surface area contributed by atoms with Crippen LogP contribution in [0.25, 0.3) is 11.2 Å². The van der Waals surface area contributed by atoms with Gasteiger partial charge in [-0.1, -0.05) is 43.3 Å². The van der Waals surface area contributed by atoms with E-state index in [0.29, 0.717) is 29.2 Å². The lowest BCUT2D eigenvalue weighted by atomic mass is 10.1. The van der Waals surface area contributed by atoms with Gasteiger partial charge in [-0.15, -0.1) is 0 Å². The van der Waals surface area contributed by atoms with Crippen molar-refractivity contribution < 1.29 is 4.79 Å². The fourth-order valence-corrected chi connectivity index (χ4v) is 4.61. The maximum Gasteiger partial charge on any atom is 0.332 e. The van der Waals surface area contributed by atoms with E-state index in [9.17, 15) is 14.4 Å². The van der Waals surface area contributed by atoms with Crippen LogP contribution in [0.3, 0.4) is 0 Å². The molecule has 0 radical (unpaired) electrons. The van der Waals surface area contributed by atoms with Gasteiger partial charge >= 0.3 is 5.69 Å². The maximum absolute atomic E-state index is 13.6. The summed E-state index contributed by atoms with van der Waals surface area (Å²) in [4.78, 5) is 46.3. The van der Waals surface area contributed by atoms with Crippen LogP contribution in [0.1, 0.15) is 28.4 Å². The highest BCUT2D eigenvalue weighted by molar-refractivity contribution is 5.96. The first-order valence-electron chi connectivity index (χ1n) is 11.4. The predicted molar refractivity (Wildman–Crippen MR) is 132 cm³/mol. The molecule has 3 heterocycles. The van der Waals surface area contributed by atoms with Crippen molar-refractivity contribution in [1.29, 1.82) is 0 Å². The second-order valence-corrected chi connectivity index (χ2v) is 9.20. The van der Waals surface area contributed by atoms with Gasteiger partial charge in [0.15, 0.2) is 16.9 Å².